The highest BCUT2D eigenvalue weighted by Crippen LogP contribution is 2.24. The molecule has 1 aliphatic rings. The van der Waals surface area contributed by atoms with Crippen molar-refractivity contribution in [3.05, 3.63) is 54.1 Å². The summed E-state index contributed by atoms with van der Waals surface area (Å²) >= 11 is 0. The minimum absolute atomic E-state index is 0.137. The lowest BCUT2D eigenvalue weighted by Gasteiger charge is -2.15. The summed E-state index contributed by atoms with van der Waals surface area (Å²) in [5.41, 5.74) is 2.00. The Morgan fingerprint density at radius 3 is 2.36 bits per heavy atom. The molecule has 0 radical (unpaired) electrons. The molecule has 2 aromatic carbocycles. The maximum absolute atomic E-state index is 11.9. The smallest absolute Gasteiger partial charge is 0.314 e. The molecule has 25 heavy (non-hydrogen) atoms. The fourth-order valence-corrected chi connectivity index (χ4v) is 2.68. The van der Waals surface area contributed by atoms with Crippen LogP contribution < -0.4 is 14.4 Å². The Hall–Kier alpha value is -2.82. The van der Waals surface area contributed by atoms with Gasteiger partial charge in [0.1, 0.15) is 11.5 Å². The van der Waals surface area contributed by atoms with Crippen LogP contribution in [-0.2, 0) is 9.59 Å². The van der Waals surface area contributed by atoms with Gasteiger partial charge in [-0.1, -0.05) is 17.7 Å². The van der Waals surface area contributed by atoms with Gasteiger partial charge in [0.15, 0.2) is 0 Å². The Kier molecular flexibility index (Phi) is 5.33. The monoisotopic (exact) mass is 339 g/mol. The van der Waals surface area contributed by atoms with Gasteiger partial charge in [-0.25, -0.2) is 0 Å². The molecular formula is C20H21NO4. The first-order valence-electron chi connectivity index (χ1n) is 8.42. The second-order valence-electron chi connectivity index (χ2n) is 6.03. The number of carbonyl (C=O) groups is 2. The first-order chi connectivity index (χ1) is 12.1. The second kappa shape index (κ2) is 7.83. The number of anilines is 1. The predicted octanol–water partition coefficient (Wildman–Crippen LogP) is 3.50. The number of benzene rings is 2. The SMILES string of the molecule is Cc1ccc(OCCC(=O)Oc2ccc(N3CCCC3=O)cc2)cc1. The molecule has 0 unspecified atom stereocenters. The average Bonchev–Trinajstić information content (AvgIpc) is 3.03. The lowest BCUT2D eigenvalue weighted by atomic mass is 10.2. The third-order valence-electron chi connectivity index (χ3n) is 4.05. The molecule has 130 valence electrons. The van der Waals surface area contributed by atoms with Crippen LogP contribution in [0.2, 0.25) is 0 Å². The van der Waals surface area contributed by atoms with E-state index in [0.717, 1.165) is 30.0 Å². The van der Waals surface area contributed by atoms with Crippen LogP contribution in [0.15, 0.2) is 48.5 Å². The van der Waals surface area contributed by atoms with E-state index in [0.29, 0.717) is 12.2 Å². The molecular weight excluding hydrogens is 318 g/mol. The summed E-state index contributed by atoms with van der Waals surface area (Å²) in [5.74, 6) is 0.990. The van der Waals surface area contributed by atoms with Crippen LogP contribution in [0.3, 0.4) is 0 Å². The molecule has 0 aromatic heterocycles. The largest absolute Gasteiger partial charge is 0.493 e. The molecule has 0 N–H and O–H groups in total. The van der Waals surface area contributed by atoms with E-state index in [9.17, 15) is 9.59 Å². The molecule has 1 saturated heterocycles. The second-order valence-corrected chi connectivity index (χ2v) is 6.03. The van der Waals surface area contributed by atoms with E-state index in [1.54, 1.807) is 29.2 Å². The quantitative estimate of drug-likeness (QED) is 0.597. The molecule has 1 fully saturated rings. The molecule has 0 saturated carbocycles. The van der Waals surface area contributed by atoms with Crippen LogP contribution in [0.4, 0.5) is 5.69 Å². The molecule has 1 aliphatic heterocycles. The Bertz CT molecular complexity index is 737. The number of hydrogen-bond donors (Lipinski definition) is 0. The van der Waals surface area contributed by atoms with Crippen molar-refractivity contribution < 1.29 is 19.1 Å². The number of ether oxygens (including phenoxy) is 2. The van der Waals surface area contributed by atoms with E-state index < -0.39 is 0 Å². The summed E-state index contributed by atoms with van der Waals surface area (Å²) in [6.07, 6.45) is 1.65. The molecule has 0 bridgehead atoms. The standard InChI is InChI=1S/C20H21NO4/c1-15-4-8-17(9-5-15)24-14-12-20(23)25-18-10-6-16(7-11-18)21-13-2-3-19(21)22/h4-11H,2-3,12-14H2,1H3. The predicted molar refractivity (Wildman–Crippen MR) is 95.0 cm³/mol. The van der Waals surface area contributed by atoms with Gasteiger partial charge < -0.3 is 14.4 Å². The van der Waals surface area contributed by atoms with Crippen molar-refractivity contribution in [1.82, 2.24) is 0 Å². The molecule has 3 rings (SSSR count). The molecule has 5 heteroatoms. The Morgan fingerprint density at radius 2 is 1.72 bits per heavy atom. The van der Waals surface area contributed by atoms with E-state index in [-0.39, 0.29) is 24.9 Å². The van der Waals surface area contributed by atoms with Gasteiger partial charge in [0.05, 0.1) is 13.0 Å². The summed E-state index contributed by atoms with van der Waals surface area (Å²) in [6, 6.07) is 14.7. The lowest BCUT2D eigenvalue weighted by molar-refractivity contribution is -0.134. The van der Waals surface area contributed by atoms with Crippen molar-refractivity contribution in [1.29, 1.82) is 0 Å². The van der Waals surface area contributed by atoms with E-state index in [2.05, 4.69) is 0 Å². The maximum Gasteiger partial charge on any atom is 0.314 e. The minimum atomic E-state index is -0.350. The van der Waals surface area contributed by atoms with E-state index in [1.165, 1.54) is 0 Å². The molecule has 1 heterocycles. The number of carbonyl (C=O) groups excluding carboxylic acids is 2. The maximum atomic E-state index is 11.9. The lowest BCUT2D eigenvalue weighted by Crippen LogP contribution is -2.23. The molecule has 0 spiro atoms. The summed E-state index contributed by atoms with van der Waals surface area (Å²) in [5, 5.41) is 0. The highest BCUT2D eigenvalue weighted by molar-refractivity contribution is 5.95. The van der Waals surface area contributed by atoms with Crippen LogP contribution >= 0.6 is 0 Å². The first-order valence-corrected chi connectivity index (χ1v) is 8.42. The molecule has 0 atom stereocenters. The van der Waals surface area contributed by atoms with Crippen molar-refractivity contribution in [2.45, 2.75) is 26.2 Å². The summed E-state index contributed by atoms with van der Waals surface area (Å²) in [6.45, 7) is 3.02. The third-order valence-corrected chi connectivity index (χ3v) is 4.05. The summed E-state index contributed by atoms with van der Waals surface area (Å²) in [4.78, 5) is 25.4. The van der Waals surface area contributed by atoms with Crippen LogP contribution in [0.1, 0.15) is 24.8 Å². The highest BCUT2D eigenvalue weighted by Gasteiger charge is 2.21. The molecule has 2 aromatic rings. The van der Waals surface area contributed by atoms with Gasteiger partial charge in [0.25, 0.3) is 0 Å². The van der Waals surface area contributed by atoms with Gasteiger partial charge in [0, 0.05) is 18.7 Å². The Morgan fingerprint density at radius 1 is 1.04 bits per heavy atom. The van der Waals surface area contributed by atoms with Gasteiger partial charge in [-0.15, -0.1) is 0 Å². The number of nitrogens with zero attached hydrogens (tertiary/aromatic N) is 1. The molecule has 0 aliphatic carbocycles. The number of rotatable bonds is 6. The average molecular weight is 339 g/mol. The Balaban J connectivity index is 1.46. The van der Waals surface area contributed by atoms with E-state index in [4.69, 9.17) is 9.47 Å². The third kappa shape index (κ3) is 4.59. The van der Waals surface area contributed by atoms with Gasteiger partial charge in [-0.2, -0.15) is 0 Å². The van der Waals surface area contributed by atoms with Gasteiger partial charge in [0.2, 0.25) is 5.91 Å². The fourth-order valence-electron chi connectivity index (χ4n) is 2.68. The van der Waals surface area contributed by atoms with Crippen LogP contribution in [-0.4, -0.2) is 25.0 Å². The number of esters is 1. The van der Waals surface area contributed by atoms with Crippen molar-refractivity contribution >= 4 is 17.6 Å². The summed E-state index contributed by atoms with van der Waals surface area (Å²) in [7, 11) is 0. The normalized spacial score (nSPS) is 13.8. The van der Waals surface area contributed by atoms with E-state index >= 15 is 0 Å². The zero-order valence-corrected chi connectivity index (χ0v) is 14.2. The summed E-state index contributed by atoms with van der Waals surface area (Å²) < 4.78 is 10.8. The fraction of sp³-hybridized carbons (Fsp3) is 0.300. The zero-order chi connectivity index (χ0) is 17.6. The van der Waals surface area contributed by atoms with Crippen LogP contribution in [0.5, 0.6) is 11.5 Å². The van der Waals surface area contributed by atoms with Gasteiger partial charge in [-0.3, -0.25) is 9.59 Å². The van der Waals surface area contributed by atoms with Crippen LogP contribution in [0.25, 0.3) is 0 Å². The van der Waals surface area contributed by atoms with Crippen molar-refractivity contribution in [3.8, 4) is 11.5 Å². The van der Waals surface area contributed by atoms with E-state index in [1.807, 2.05) is 31.2 Å². The zero-order valence-electron chi connectivity index (χ0n) is 14.2. The van der Waals surface area contributed by atoms with Crippen LogP contribution in [0, 0.1) is 6.92 Å². The Labute approximate surface area is 147 Å². The van der Waals surface area contributed by atoms with Crippen molar-refractivity contribution in [2.75, 3.05) is 18.1 Å². The van der Waals surface area contributed by atoms with Gasteiger partial charge in [-0.05, 0) is 49.7 Å². The molecule has 5 nitrogen and oxygen atoms in total. The topological polar surface area (TPSA) is 55.8 Å². The number of aryl methyl sites for hydroxylation is 1. The first kappa shape index (κ1) is 17.0. The van der Waals surface area contributed by atoms with Crippen molar-refractivity contribution in [2.24, 2.45) is 0 Å². The van der Waals surface area contributed by atoms with Gasteiger partial charge >= 0.3 is 5.97 Å². The van der Waals surface area contributed by atoms with Crippen molar-refractivity contribution in [3.63, 3.8) is 0 Å². The minimum Gasteiger partial charge on any atom is -0.493 e. The molecule has 1 amide bonds. The highest BCUT2D eigenvalue weighted by atomic mass is 16.5. The number of amides is 1. The number of hydrogen-bond acceptors (Lipinski definition) is 4.